The molecule has 0 radical (unpaired) electrons. The van der Waals surface area contributed by atoms with Gasteiger partial charge in [0.25, 0.3) is 0 Å². The molecule has 1 atom stereocenters. The highest BCUT2D eigenvalue weighted by Crippen LogP contribution is 2.34. The largest absolute Gasteiger partial charge is 0.379 e. The van der Waals surface area contributed by atoms with Crippen LogP contribution in [0, 0.1) is 11.8 Å². The number of amides is 2. The Balaban J connectivity index is 1.31. The first-order valence-corrected chi connectivity index (χ1v) is 12.5. The Bertz CT molecular complexity index is 835. The van der Waals surface area contributed by atoms with E-state index in [0.29, 0.717) is 56.9 Å². The van der Waals surface area contributed by atoms with Gasteiger partial charge in [0.15, 0.2) is 0 Å². The maximum absolute atomic E-state index is 12.8. The number of nitrogens with zero attached hydrogens (tertiary/aromatic N) is 4. The van der Waals surface area contributed by atoms with E-state index < -0.39 is 10.0 Å². The Morgan fingerprint density at radius 2 is 1.90 bits per heavy atom. The van der Waals surface area contributed by atoms with Crippen molar-refractivity contribution in [2.45, 2.75) is 19.3 Å². The molecule has 166 valence electrons. The Labute approximate surface area is 178 Å². The SMILES string of the molecule is CS(=O)(=O)N1CCN(c2ccc(NC(=O)N3CCOCC(C4CCC4)C3)cn2)CC1. The Kier molecular flexibility index (Phi) is 6.45. The van der Waals surface area contributed by atoms with Crippen LogP contribution in [0.3, 0.4) is 0 Å². The van der Waals surface area contributed by atoms with Crippen molar-refractivity contribution < 1.29 is 17.9 Å². The highest BCUT2D eigenvalue weighted by atomic mass is 32.2. The van der Waals surface area contributed by atoms with Gasteiger partial charge in [-0.2, -0.15) is 4.31 Å². The highest BCUT2D eigenvalue weighted by Gasteiger charge is 2.32. The summed E-state index contributed by atoms with van der Waals surface area (Å²) in [5, 5.41) is 2.95. The second-order valence-corrected chi connectivity index (χ2v) is 10.4. The van der Waals surface area contributed by atoms with E-state index in [-0.39, 0.29) is 6.03 Å². The van der Waals surface area contributed by atoms with Gasteiger partial charge < -0.3 is 19.9 Å². The lowest BCUT2D eigenvalue weighted by Gasteiger charge is -2.35. The molecule has 3 fully saturated rings. The smallest absolute Gasteiger partial charge is 0.321 e. The second kappa shape index (κ2) is 9.07. The Morgan fingerprint density at radius 3 is 2.50 bits per heavy atom. The van der Waals surface area contributed by atoms with Crippen molar-refractivity contribution in [2.75, 3.05) is 69.0 Å². The topological polar surface area (TPSA) is 95.1 Å². The fraction of sp³-hybridized carbons (Fsp3) is 0.700. The number of rotatable bonds is 4. The van der Waals surface area contributed by atoms with E-state index in [2.05, 4.69) is 15.2 Å². The molecule has 0 spiro atoms. The number of carbonyl (C=O) groups excluding carboxylic acids is 1. The zero-order valence-electron chi connectivity index (χ0n) is 17.5. The van der Waals surface area contributed by atoms with Crippen molar-refractivity contribution in [1.82, 2.24) is 14.2 Å². The van der Waals surface area contributed by atoms with Gasteiger partial charge in [-0.25, -0.2) is 18.2 Å². The van der Waals surface area contributed by atoms with Crippen LogP contribution in [0.2, 0.25) is 0 Å². The molecule has 4 rings (SSSR count). The molecule has 0 bridgehead atoms. The van der Waals surface area contributed by atoms with Gasteiger partial charge in [-0.05, 0) is 18.1 Å². The van der Waals surface area contributed by atoms with Crippen LogP contribution in [0.25, 0.3) is 0 Å². The number of carbonyl (C=O) groups is 1. The average molecular weight is 438 g/mol. The normalized spacial score (nSPS) is 24.2. The maximum atomic E-state index is 12.8. The van der Waals surface area contributed by atoms with Crippen molar-refractivity contribution >= 4 is 27.6 Å². The first-order valence-electron chi connectivity index (χ1n) is 10.7. The van der Waals surface area contributed by atoms with Crippen LogP contribution in [0.15, 0.2) is 18.3 Å². The average Bonchev–Trinajstić information content (AvgIpc) is 2.93. The number of piperazine rings is 1. The first kappa shape index (κ1) is 21.3. The molecule has 9 nitrogen and oxygen atoms in total. The Hall–Kier alpha value is -1.91. The number of aromatic nitrogens is 1. The van der Waals surface area contributed by atoms with Gasteiger partial charge in [0.1, 0.15) is 5.82 Å². The predicted octanol–water partition coefficient (Wildman–Crippen LogP) is 1.44. The van der Waals surface area contributed by atoms with Gasteiger partial charge in [0.05, 0.1) is 31.4 Å². The minimum atomic E-state index is -3.15. The third-order valence-electron chi connectivity index (χ3n) is 6.43. The van der Waals surface area contributed by atoms with E-state index in [1.807, 2.05) is 17.0 Å². The summed E-state index contributed by atoms with van der Waals surface area (Å²) >= 11 is 0. The number of hydrogen-bond acceptors (Lipinski definition) is 6. The van der Waals surface area contributed by atoms with Crippen molar-refractivity contribution in [3.05, 3.63) is 18.3 Å². The van der Waals surface area contributed by atoms with Crippen LogP contribution in [0.5, 0.6) is 0 Å². The van der Waals surface area contributed by atoms with Crippen molar-refractivity contribution in [1.29, 1.82) is 0 Å². The van der Waals surface area contributed by atoms with Gasteiger partial charge in [0.2, 0.25) is 10.0 Å². The van der Waals surface area contributed by atoms with Gasteiger partial charge in [-0.1, -0.05) is 19.3 Å². The summed E-state index contributed by atoms with van der Waals surface area (Å²) in [7, 11) is -3.15. The number of sulfonamides is 1. The second-order valence-electron chi connectivity index (χ2n) is 8.46. The summed E-state index contributed by atoms with van der Waals surface area (Å²) in [6.07, 6.45) is 6.67. The molecule has 1 saturated carbocycles. The highest BCUT2D eigenvalue weighted by molar-refractivity contribution is 7.88. The van der Waals surface area contributed by atoms with Gasteiger partial charge in [-0.3, -0.25) is 0 Å². The van der Waals surface area contributed by atoms with E-state index in [4.69, 9.17) is 4.74 Å². The minimum Gasteiger partial charge on any atom is -0.379 e. The van der Waals surface area contributed by atoms with Crippen LogP contribution in [0.1, 0.15) is 19.3 Å². The molecule has 1 aromatic rings. The summed E-state index contributed by atoms with van der Waals surface area (Å²) in [5.41, 5.74) is 0.656. The minimum absolute atomic E-state index is 0.110. The van der Waals surface area contributed by atoms with Crippen LogP contribution in [-0.2, 0) is 14.8 Å². The molecular formula is C20H31N5O4S. The van der Waals surface area contributed by atoms with Crippen molar-refractivity contribution in [2.24, 2.45) is 11.8 Å². The molecule has 1 aliphatic carbocycles. The lowest BCUT2D eigenvalue weighted by molar-refractivity contribution is 0.0776. The third-order valence-corrected chi connectivity index (χ3v) is 7.73. The van der Waals surface area contributed by atoms with Gasteiger partial charge in [-0.15, -0.1) is 0 Å². The lowest BCUT2D eigenvalue weighted by atomic mass is 9.76. The van der Waals surface area contributed by atoms with E-state index >= 15 is 0 Å². The molecule has 1 aromatic heterocycles. The molecule has 10 heteroatoms. The first-order chi connectivity index (χ1) is 14.4. The lowest BCUT2D eigenvalue weighted by Crippen LogP contribution is -2.48. The molecule has 1 unspecified atom stereocenters. The molecule has 3 aliphatic rings. The van der Waals surface area contributed by atoms with E-state index in [0.717, 1.165) is 19.0 Å². The number of ether oxygens (including phenoxy) is 1. The summed E-state index contributed by atoms with van der Waals surface area (Å²) < 4.78 is 30.5. The van der Waals surface area contributed by atoms with Crippen molar-refractivity contribution in [3.63, 3.8) is 0 Å². The van der Waals surface area contributed by atoms with Crippen LogP contribution >= 0.6 is 0 Å². The van der Waals surface area contributed by atoms with Gasteiger partial charge >= 0.3 is 6.03 Å². The fourth-order valence-corrected chi connectivity index (χ4v) is 5.14. The van der Waals surface area contributed by atoms with E-state index in [1.54, 1.807) is 6.20 Å². The van der Waals surface area contributed by atoms with E-state index in [9.17, 15) is 13.2 Å². The molecule has 1 N–H and O–H groups in total. The van der Waals surface area contributed by atoms with Crippen LogP contribution < -0.4 is 10.2 Å². The van der Waals surface area contributed by atoms with Crippen LogP contribution in [0.4, 0.5) is 16.3 Å². The molecule has 2 aliphatic heterocycles. The quantitative estimate of drug-likeness (QED) is 0.766. The molecule has 30 heavy (non-hydrogen) atoms. The number of pyridine rings is 1. The molecule has 0 aromatic carbocycles. The summed E-state index contributed by atoms with van der Waals surface area (Å²) in [5.74, 6) is 1.90. The number of anilines is 2. The molecule has 2 amide bonds. The summed E-state index contributed by atoms with van der Waals surface area (Å²) in [6.45, 7) is 4.78. The number of urea groups is 1. The van der Waals surface area contributed by atoms with E-state index in [1.165, 1.54) is 29.8 Å². The Morgan fingerprint density at radius 1 is 1.13 bits per heavy atom. The van der Waals surface area contributed by atoms with Crippen LogP contribution in [-0.4, -0.2) is 87.4 Å². The molecular weight excluding hydrogens is 406 g/mol. The fourth-order valence-electron chi connectivity index (χ4n) is 4.32. The number of hydrogen-bond donors (Lipinski definition) is 1. The third kappa shape index (κ3) is 5.04. The zero-order valence-corrected chi connectivity index (χ0v) is 18.3. The van der Waals surface area contributed by atoms with Crippen molar-refractivity contribution in [3.8, 4) is 0 Å². The summed E-state index contributed by atoms with van der Waals surface area (Å²) in [6, 6.07) is 3.61. The maximum Gasteiger partial charge on any atom is 0.321 e. The van der Waals surface area contributed by atoms with Gasteiger partial charge in [0, 0.05) is 45.2 Å². The summed E-state index contributed by atoms with van der Waals surface area (Å²) in [4.78, 5) is 21.2. The monoisotopic (exact) mass is 437 g/mol. The zero-order chi connectivity index (χ0) is 21.1. The number of nitrogens with one attached hydrogen (secondary N) is 1. The molecule has 2 saturated heterocycles. The predicted molar refractivity (Wildman–Crippen MR) is 115 cm³/mol. The standard InChI is InChI=1S/C20H31N5O4S/c1-30(27,28)25-9-7-23(8-10-25)19-6-5-18(13-21-19)22-20(26)24-11-12-29-15-17(14-24)16-3-2-4-16/h5-6,13,16-17H,2-4,7-12,14-15H2,1H3,(H,22,26). The molecule has 3 heterocycles.